The molecule has 1 amide bonds. The van der Waals surface area contributed by atoms with Gasteiger partial charge in [0.25, 0.3) is 5.91 Å². The average molecular weight is 211 g/mol. The van der Waals surface area contributed by atoms with E-state index in [1.807, 2.05) is 13.8 Å². The van der Waals surface area contributed by atoms with E-state index in [-0.39, 0.29) is 5.91 Å². The van der Waals surface area contributed by atoms with Crippen LogP contribution in [0, 0.1) is 13.8 Å². The fraction of sp³-hybridized carbons (Fsp3) is 0.600. The highest BCUT2D eigenvalue weighted by atomic mass is 16.5. The quantitative estimate of drug-likeness (QED) is 0.708. The van der Waals surface area contributed by atoms with Crippen molar-refractivity contribution in [3.63, 3.8) is 0 Å². The first-order chi connectivity index (χ1) is 7.16. The highest BCUT2D eigenvalue weighted by Gasteiger charge is 2.14. The number of aromatic amines is 1. The van der Waals surface area contributed by atoms with E-state index >= 15 is 0 Å². The Balaban J connectivity index is 2.47. The largest absolute Gasteiger partial charge is 0.380 e. The Kier molecular flexibility index (Phi) is 4.30. The minimum atomic E-state index is -0.0987. The van der Waals surface area contributed by atoms with Crippen molar-refractivity contribution in [1.29, 1.82) is 0 Å². The van der Waals surface area contributed by atoms with Crippen LogP contribution in [0.5, 0.6) is 0 Å². The van der Waals surface area contributed by atoms with Gasteiger partial charge in [-0.15, -0.1) is 0 Å². The zero-order chi connectivity index (χ0) is 11.3. The van der Waals surface area contributed by atoms with E-state index in [1.165, 1.54) is 0 Å². The van der Waals surface area contributed by atoms with Gasteiger partial charge in [-0.1, -0.05) is 0 Å². The van der Waals surface area contributed by atoms with E-state index in [4.69, 9.17) is 4.74 Å². The Bertz CT molecular complexity index is 314. The van der Waals surface area contributed by atoms with Crippen molar-refractivity contribution in [3.8, 4) is 0 Å². The molecular formula is C10H17N3O2. The fourth-order valence-electron chi connectivity index (χ4n) is 1.35. The van der Waals surface area contributed by atoms with E-state index in [2.05, 4.69) is 15.5 Å². The lowest BCUT2D eigenvalue weighted by atomic mass is 10.2. The smallest absolute Gasteiger partial charge is 0.255 e. The predicted octanol–water partition coefficient (Wildman–Crippen LogP) is 0.793. The molecule has 0 saturated heterocycles. The summed E-state index contributed by atoms with van der Waals surface area (Å²) < 4.78 is 5.12. The molecule has 0 radical (unpaired) electrons. The van der Waals surface area contributed by atoms with E-state index in [1.54, 1.807) is 6.92 Å². The molecule has 0 atom stereocenters. The van der Waals surface area contributed by atoms with E-state index < -0.39 is 0 Å². The Morgan fingerprint density at radius 2 is 2.27 bits per heavy atom. The zero-order valence-corrected chi connectivity index (χ0v) is 9.39. The summed E-state index contributed by atoms with van der Waals surface area (Å²) in [6.45, 7) is 7.29. The number of aromatic nitrogens is 2. The maximum atomic E-state index is 11.7. The Labute approximate surface area is 89.2 Å². The lowest BCUT2D eigenvalue weighted by Gasteiger charge is -2.04. The Morgan fingerprint density at radius 3 is 2.80 bits per heavy atom. The summed E-state index contributed by atoms with van der Waals surface area (Å²) in [7, 11) is 0. The van der Waals surface area contributed by atoms with Crippen LogP contribution in [0.2, 0.25) is 0 Å². The third-order valence-electron chi connectivity index (χ3n) is 2.09. The van der Waals surface area contributed by atoms with Crippen molar-refractivity contribution < 1.29 is 9.53 Å². The number of nitrogens with zero attached hydrogens (tertiary/aromatic N) is 1. The summed E-state index contributed by atoms with van der Waals surface area (Å²) in [6.07, 6.45) is 0. The van der Waals surface area contributed by atoms with Crippen molar-refractivity contribution in [3.05, 3.63) is 17.0 Å². The van der Waals surface area contributed by atoms with Crippen molar-refractivity contribution >= 4 is 5.91 Å². The number of carbonyl (C=O) groups excluding carboxylic acids is 1. The molecule has 0 unspecified atom stereocenters. The van der Waals surface area contributed by atoms with Gasteiger partial charge < -0.3 is 10.1 Å². The zero-order valence-electron chi connectivity index (χ0n) is 9.39. The van der Waals surface area contributed by atoms with Crippen molar-refractivity contribution in [2.45, 2.75) is 20.8 Å². The molecule has 0 aromatic carbocycles. The number of carbonyl (C=O) groups is 1. The molecule has 84 valence electrons. The van der Waals surface area contributed by atoms with Gasteiger partial charge >= 0.3 is 0 Å². The third kappa shape index (κ3) is 3.06. The van der Waals surface area contributed by atoms with Crippen LogP contribution >= 0.6 is 0 Å². The molecule has 2 N–H and O–H groups in total. The summed E-state index contributed by atoms with van der Waals surface area (Å²) in [5.41, 5.74) is 2.15. The topological polar surface area (TPSA) is 67.0 Å². The first-order valence-electron chi connectivity index (χ1n) is 5.04. The number of aryl methyl sites for hydroxylation is 2. The molecule has 1 aromatic heterocycles. The SMILES string of the molecule is CCOCCNC(=O)c1c(C)n[nH]c1C. The number of hydrogen-bond donors (Lipinski definition) is 2. The Hall–Kier alpha value is -1.36. The molecule has 0 saturated carbocycles. The van der Waals surface area contributed by atoms with Crippen LogP contribution < -0.4 is 5.32 Å². The molecular weight excluding hydrogens is 194 g/mol. The van der Waals surface area contributed by atoms with E-state index in [0.29, 0.717) is 25.3 Å². The molecule has 0 bridgehead atoms. The van der Waals surface area contributed by atoms with Gasteiger partial charge in [0.05, 0.1) is 17.9 Å². The third-order valence-corrected chi connectivity index (χ3v) is 2.09. The molecule has 1 heterocycles. The molecule has 1 aromatic rings. The van der Waals surface area contributed by atoms with Crippen LogP contribution in [0.1, 0.15) is 28.7 Å². The van der Waals surface area contributed by atoms with Crippen LogP contribution in [0.15, 0.2) is 0 Å². The summed E-state index contributed by atoms with van der Waals surface area (Å²) in [5, 5.41) is 9.52. The minimum absolute atomic E-state index is 0.0987. The normalized spacial score (nSPS) is 10.3. The summed E-state index contributed by atoms with van der Waals surface area (Å²) in [5.74, 6) is -0.0987. The van der Waals surface area contributed by atoms with Crippen molar-refractivity contribution in [2.24, 2.45) is 0 Å². The number of nitrogens with one attached hydrogen (secondary N) is 2. The van der Waals surface area contributed by atoms with Gasteiger partial charge in [-0.2, -0.15) is 5.10 Å². The summed E-state index contributed by atoms with van der Waals surface area (Å²) in [6, 6.07) is 0. The average Bonchev–Trinajstić information content (AvgIpc) is 2.53. The van der Waals surface area contributed by atoms with Gasteiger partial charge in [0.1, 0.15) is 0 Å². The van der Waals surface area contributed by atoms with Crippen LogP contribution in [-0.4, -0.2) is 35.9 Å². The van der Waals surface area contributed by atoms with E-state index in [9.17, 15) is 4.79 Å². The first-order valence-corrected chi connectivity index (χ1v) is 5.04. The monoisotopic (exact) mass is 211 g/mol. The molecule has 0 aliphatic carbocycles. The van der Waals surface area contributed by atoms with Gasteiger partial charge in [-0.25, -0.2) is 0 Å². The predicted molar refractivity (Wildman–Crippen MR) is 56.9 cm³/mol. The van der Waals surface area contributed by atoms with E-state index in [0.717, 1.165) is 11.4 Å². The van der Waals surface area contributed by atoms with Gasteiger partial charge in [0, 0.05) is 18.8 Å². The number of amides is 1. The highest BCUT2D eigenvalue weighted by molar-refractivity contribution is 5.96. The lowest BCUT2D eigenvalue weighted by Crippen LogP contribution is -2.28. The second kappa shape index (κ2) is 5.50. The molecule has 5 nitrogen and oxygen atoms in total. The second-order valence-electron chi connectivity index (χ2n) is 3.26. The molecule has 1 rings (SSSR count). The fourth-order valence-corrected chi connectivity index (χ4v) is 1.35. The lowest BCUT2D eigenvalue weighted by molar-refractivity contribution is 0.0921. The summed E-state index contributed by atoms with van der Waals surface area (Å²) >= 11 is 0. The van der Waals surface area contributed by atoms with Crippen LogP contribution in [0.4, 0.5) is 0 Å². The van der Waals surface area contributed by atoms with Gasteiger partial charge in [-0.05, 0) is 20.8 Å². The first kappa shape index (κ1) is 11.7. The molecule has 5 heteroatoms. The second-order valence-corrected chi connectivity index (χ2v) is 3.26. The molecule has 0 aliphatic rings. The highest BCUT2D eigenvalue weighted by Crippen LogP contribution is 2.08. The van der Waals surface area contributed by atoms with Crippen LogP contribution in [0.3, 0.4) is 0 Å². The molecule has 0 aliphatic heterocycles. The molecule has 0 spiro atoms. The number of rotatable bonds is 5. The van der Waals surface area contributed by atoms with Gasteiger partial charge in [-0.3, -0.25) is 9.89 Å². The number of H-pyrrole nitrogens is 1. The number of ether oxygens (including phenoxy) is 1. The standard InChI is InChI=1S/C10H17N3O2/c1-4-15-6-5-11-10(14)9-7(2)12-13-8(9)3/h4-6H2,1-3H3,(H,11,14)(H,12,13). The Morgan fingerprint density at radius 1 is 1.53 bits per heavy atom. The van der Waals surface area contributed by atoms with Crippen molar-refractivity contribution in [2.75, 3.05) is 19.8 Å². The number of hydrogen-bond acceptors (Lipinski definition) is 3. The summed E-state index contributed by atoms with van der Waals surface area (Å²) in [4.78, 5) is 11.7. The molecule has 15 heavy (non-hydrogen) atoms. The minimum Gasteiger partial charge on any atom is -0.380 e. The maximum Gasteiger partial charge on any atom is 0.255 e. The van der Waals surface area contributed by atoms with Crippen molar-refractivity contribution in [1.82, 2.24) is 15.5 Å². The maximum absolute atomic E-state index is 11.7. The molecule has 0 fully saturated rings. The van der Waals surface area contributed by atoms with Crippen LogP contribution in [0.25, 0.3) is 0 Å². The van der Waals surface area contributed by atoms with Gasteiger partial charge in [0.15, 0.2) is 0 Å². The van der Waals surface area contributed by atoms with Gasteiger partial charge in [0.2, 0.25) is 0 Å². The van der Waals surface area contributed by atoms with Crippen LogP contribution in [-0.2, 0) is 4.74 Å².